The Morgan fingerprint density at radius 3 is 2.86 bits per heavy atom. The predicted octanol–water partition coefficient (Wildman–Crippen LogP) is 4.01. The molecule has 2 nitrogen and oxygen atoms in total. The van der Waals surface area contributed by atoms with Crippen molar-refractivity contribution in [2.75, 3.05) is 18.1 Å². The van der Waals surface area contributed by atoms with Crippen LogP contribution < -0.4 is 0 Å². The van der Waals surface area contributed by atoms with Gasteiger partial charge in [0.1, 0.15) is 5.82 Å². The first-order chi connectivity index (χ1) is 10.1. The summed E-state index contributed by atoms with van der Waals surface area (Å²) in [6.07, 6.45) is 3.70. The van der Waals surface area contributed by atoms with Gasteiger partial charge in [-0.3, -0.25) is 4.79 Å². The normalized spacial score (nSPS) is 25.0. The number of halogens is 1. The minimum atomic E-state index is -0.251. The third kappa shape index (κ3) is 3.16. The van der Waals surface area contributed by atoms with Crippen molar-refractivity contribution in [2.45, 2.75) is 38.2 Å². The molecule has 2 fully saturated rings. The molecule has 0 radical (unpaired) electrons. The minimum absolute atomic E-state index is 0.0201. The van der Waals surface area contributed by atoms with E-state index in [0.717, 1.165) is 37.2 Å². The van der Waals surface area contributed by atoms with Crippen LogP contribution in [0.25, 0.3) is 0 Å². The fourth-order valence-electron chi connectivity index (χ4n) is 3.38. The van der Waals surface area contributed by atoms with Gasteiger partial charge in [0.05, 0.1) is 5.60 Å². The van der Waals surface area contributed by atoms with Crippen molar-refractivity contribution in [1.82, 2.24) is 0 Å². The number of ether oxygens (including phenoxy) is 1. The molecule has 1 atom stereocenters. The Morgan fingerprint density at radius 2 is 2.14 bits per heavy atom. The van der Waals surface area contributed by atoms with E-state index in [1.54, 1.807) is 19.1 Å². The van der Waals surface area contributed by atoms with Gasteiger partial charge in [-0.05, 0) is 67.9 Å². The van der Waals surface area contributed by atoms with Gasteiger partial charge in [0.15, 0.2) is 5.78 Å². The van der Waals surface area contributed by atoms with Gasteiger partial charge in [-0.25, -0.2) is 4.39 Å². The van der Waals surface area contributed by atoms with Gasteiger partial charge in [-0.15, -0.1) is 0 Å². The zero-order valence-corrected chi connectivity index (χ0v) is 13.2. The standard InChI is InChI=1S/C17H21FO2S/c1-12-10-13(2-3-15(12)18)16(19)14-4-7-20-17(11-14)5-8-21-9-6-17/h2-3,10,14H,4-9,11H2,1H3. The van der Waals surface area contributed by atoms with Crippen molar-refractivity contribution in [3.05, 3.63) is 35.1 Å². The number of carbonyl (C=O) groups is 1. The number of rotatable bonds is 2. The Bertz CT molecular complexity index is 532. The number of ketones is 1. The molecule has 4 heteroatoms. The van der Waals surface area contributed by atoms with Gasteiger partial charge in [0.25, 0.3) is 0 Å². The van der Waals surface area contributed by atoms with Crippen LogP contribution in [0.15, 0.2) is 18.2 Å². The van der Waals surface area contributed by atoms with E-state index in [1.807, 2.05) is 11.8 Å². The van der Waals surface area contributed by atoms with Crippen LogP contribution in [0.5, 0.6) is 0 Å². The van der Waals surface area contributed by atoms with Gasteiger partial charge < -0.3 is 4.74 Å². The molecule has 3 rings (SSSR count). The smallest absolute Gasteiger partial charge is 0.166 e. The summed E-state index contributed by atoms with van der Waals surface area (Å²) < 4.78 is 19.4. The Morgan fingerprint density at radius 1 is 1.38 bits per heavy atom. The summed E-state index contributed by atoms with van der Waals surface area (Å²) in [4.78, 5) is 12.7. The summed E-state index contributed by atoms with van der Waals surface area (Å²) in [7, 11) is 0. The molecular weight excluding hydrogens is 287 g/mol. The Kier molecular flexibility index (Phi) is 4.36. The van der Waals surface area contributed by atoms with Crippen molar-refractivity contribution in [1.29, 1.82) is 0 Å². The number of hydrogen-bond acceptors (Lipinski definition) is 3. The van der Waals surface area contributed by atoms with E-state index in [0.29, 0.717) is 17.7 Å². The number of benzene rings is 1. The van der Waals surface area contributed by atoms with Crippen LogP contribution in [-0.4, -0.2) is 29.5 Å². The highest BCUT2D eigenvalue weighted by Gasteiger charge is 2.41. The molecule has 2 aliphatic rings. The van der Waals surface area contributed by atoms with E-state index in [-0.39, 0.29) is 23.1 Å². The van der Waals surface area contributed by atoms with E-state index in [1.165, 1.54) is 6.07 Å². The topological polar surface area (TPSA) is 26.3 Å². The van der Waals surface area contributed by atoms with E-state index >= 15 is 0 Å². The Hall–Kier alpha value is -0.870. The van der Waals surface area contributed by atoms with Crippen LogP contribution in [0.4, 0.5) is 4.39 Å². The second kappa shape index (κ2) is 6.09. The van der Waals surface area contributed by atoms with Crippen LogP contribution in [0.2, 0.25) is 0 Å². The third-order valence-corrected chi connectivity index (χ3v) is 5.70. The van der Waals surface area contributed by atoms with Crippen LogP contribution in [0.1, 0.15) is 41.6 Å². The van der Waals surface area contributed by atoms with E-state index in [2.05, 4.69) is 0 Å². The lowest BCUT2D eigenvalue weighted by molar-refractivity contribution is -0.0959. The molecule has 0 aromatic heterocycles. The highest BCUT2D eigenvalue weighted by Crippen LogP contribution is 2.40. The monoisotopic (exact) mass is 308 g/mol. The first-order valence-electron chi connectivity index (χ1n) is 7.62. The average molecular weight is 308 g/mol. The molecule has 0 N–H and O–H groups in total. The van der Waals surface area contributed by atoms with Crippen LogP contribution in [-0.2, 0) is 4.74 Å². The van der Waals surface area contributed by atoms with Crippen molar-refractivity contribution < 1.29 is 13.9 Å². The van der Waals surface area contributed by atoms with Gasteiger partial charge in [0.2, 0.25) is 0 Å². The van der Waals surface area contributed by atoms with Crippen molar-refractivity contribution in [3.63, 3.8) is 0 Å². The van der Waals surface area contributed by atoms with Gasteiger partial charge >= 0.3 is 0 Å². The Balaban J connectivity index is 1.76. The highest BCUT2D eigenvalue weighted by molar-refractivity contribution is 7.99. The van der Waals surface area contributed by atoms with Crippen molar-refractivity contribution in [2.24, 2.45) is 5.92 Å². The summed E-state index contributed by atoms with van der Waals surface area (Å²) in [6, 6.07) is 4.69. The van der Waals surface area contributed by atoms with Crippen LogP contribution in [0, 0.1) is 18.7 Å². The SMILES string of the molecule is Cc1cc(C(=O)C2CCOC3(CCSCC3)C2)ccc1F. The number of thioether (sulfide) groups is 1. The summed E-state index contributed by atoms with van der Waals surface area (Å²) in [5.41, 5.74) is 1.09. The molecule has 114 valence electrons. The molecule has 21 heavy (non-hydrogen) atoms. The van der Waals surface area contributed by atoms with E-state index in [4.69, 9.17) is 4.74 Å². The highest BCUT2D eigenvalue weighted by atomic mass is 32.2. The van der Waals surface area contributed by atoms with Crippen molar-refractivity contribution in [3.8, 4) is 0 Å². The largest absolute Gasteiger partial charge is 0.375 e. The molecular formula is C17H21FO2S. The summed E-state index contributed by atoms with van der Waals surface area (Å²) >= 11 is 1.97. The quantitative estimate of drug-likeness (QED) is 0.772. The number of carbonyl (C=O) groups excluding carboxylic acids is 1. The summed E-state index contributed by atoms with van der Waals surface area (Å²) in [5.74, 6) is 2.16. The molecule has 0 saturated carbocycles. The van der Waals surface area contributed by atoms with Crippen LogP contribution >= 0.6 is 11.8 Å². The predicted molar refractivity (Wildman–Crippen MR) is 83.4 cm³/mol. The Labute approximate surface area is 129 Å². The first kappa shape index (κ1) is 15.0. The second-order valence-corrected chi connectivity index (χ2v) is 7.39. The lowest BCUT2D eigenvalue weighted by Crippen LogP contribution is -2.44. The molecule has 2 saturated heterocycles. The van der Waals surface area contributed by atoms with Gasteiger partial charge in [-0.1, -0.05) is 0 Å². The fraction of sp³-hybridized carbons (Fsp3) is 0.588. The summed E-state index contributed by atoms with van der Waals surface area (Å²) in [5, 5.41) is 0. The zero-order valence-electron chi connectivity index (χ0n) is 12.4. The number of Topliss-reactive ketones (excluding diaryl/α,β-unsaturated/α-hetero) is 1. The molecule has 0 amide bonds. The minimum Gasteiger partial charge on any atom is -0.375 e. The molecule has 1 unspecified atom stereocenters. The van der Waals surface area contributed by atoms with E-state index in [9.17, 15) is 9.18 Å². The lowest BCUT2D eigenvalue weighted by Gasteiger charge is -2.42. The number of aryl methyl sites for hydroxylation is 1. The molecule has 1 spiro atoms. The maximum Gasteiger partial charge on any atom is 0.166 e. The van der Waals surface area contributed by atoms with Crippen LogP contribution in [0.3, 0.4) is 0 Å². The van der Waals surface area contributed by atoms with Gasteiger partial charge in [-0.2, -0.15) is 11.8 Å². The fourth-order valence-corrected chi connectivity index (χ4v) is 4.61. The number of hydrogen-bond donors (Lipinski definition) is 0. The molecule has 0 aliphatic carbocycles. The second-order valence-electron chi connectivity index (χ2n) is 6.16. The molecule has 2 aliphatic heterocycles. The van der Waals surface area contributed by atoms with Crippen molar-refractivity contribution >= 4 is 17.5 Å². The summed E-state index contributed by atoms with van der Waals surface area (Å²) in [6.45, 7) is 2.37. The average Bonchev–Trinajstić information content (AvgIpc) is 2.50. The molecule has 0 bridgehead atoms. The molecule has 1 aromatic carbocycles. The van der Waals surface area contributed by atoms with Gasteiger partial charge in [0, 0.05) is 18.1 Å². The molecule has 2 heterocycles. The lowest BCUT2D eigenvalue weighted by atomic mass is 9.78. The van der Waals surface area contributed by atoms with E-state index < -0.39 is 0 Å². The third-order valence-electron chi connectivity index (χ3n) is 4.71. The first-order valence-corrected chi connectivity index (χ1v) is 8.77. The molecule has 1 aromatic rings. The maximum atomic E-state index is 13.4. The maximum absolute atomic E-state index is 13.4. The zero-order chi connectivity index (χ0) is 14.9.